The van der Waals surface area contributed by atoms with Gasteiger partial charge in [0.15, 0.2) is 5.82 Å². The predicted octanol–water partition coefficient (Wildman–Crippen LogP) is 1.63. The van der Waals surface area contributed by atoms with Crippen LogP contribution in [0.4, 0.5) is 5.82 Å². The number of H-pyrrole nitrogens is 1. The summed E-state index contributed by atoms with van der Waals surface area (Å²) in [5.74, 6) is 2.44. The smallest absolute Gasteiger partial charge is 0.151 e. The molecule has 2 heterocycles. The molecule has 1 saturated heterocycles. The van der Waals surface area contributed by atoms with Crippen LogP contribution in [0.2, 0.25) is 0 Å². The number of nitrogens with zero attached hydrogens (tertiary/aromatic N) is 2. The molecule has 3 N–H and O–H groups in total. The number of hydrogen-bond acceptors (Lipinski definition) is 5. The van der Waals surface area contributed by atoms with Crippen LogP contribution in [0.25, 0.3) is 11.3 Å². The highest BCUT2D eigenvalue weighted by Crippen LogP contribution is 2.33. The molecule has 1 aliphatic heterocycles. The van der Waals surface area contributed by atoms with E-state index in [1.54, 1.807) is 14.2 Å². The van der Waals surface area contributed by atoms with E-state index in [1.807, 2.05) is 24.3 Å². The third-order valence-corrected chi connectivity index (χ3v) is 3.81. The molecule has 1 fully saturated rings. The third-order valence-electron chi connectivity index (χ3n) is 3.81. The highest BCUT2D eigenvalue weighted by atomic mass is 16.5. The zero-order valence-corrected chi connectivity index (χ0v) is 12.3. The van der Waals surface area contributed by atoms with Crippen LogP contribution in [0.15, 0.2) is 24.3 Å². The van der Waals surface area contributed by atoms with Crippen LogP contribution in [0, 0.1) is 0 Å². The molecule has 0 aliphatic carbocycles. The molecular weight excluding hydrogens is 268 g/mol. The molecule has 6 heteroatoms. The topological polar surface area (TPSA) is 76.4 Å². The SMILES string of the molecule is COc1ccc(-c2cc(N3CCC(N)C3)n[nH]2)c(OC)c1. The molecule has 1 aromatic heterocycles. The Labute approximate surface area is 123 Å². The second-order valence-electron chi connectivity index (χ2n) is 5.20. The van der Waals surface area contributed by atoms with Gasteiger partial charge < -0.3 is 20.1 Å². The van der Waals surface area contributed by atoms with Gasteiger partial charge in [0.1, 0.15) is 11.5 Å². The summed E-state index contributed by atoms with van der Waals surface area (Å²) < 4.78 is 10.7. The van der Waals surface area contributed by atoms with Crippen molar-refractivity contribution in [1.29, 1.82) is 0 Å². The average Bonchev–Trinajstić information content (AvgIpc) is 3.15. The number of methoxy groups -OCH3 is 2. The standard InChI is InChI=1S/C15H20N4O2/c1-20-11-3-4-12(14(7-11)21-2)13-8-15(18-17-13)19-6-5-10(16)9-19/h3-4,7-8,10H,5-6,9,16H2,1-2H3,(H,17,18). The van der Waals surface area contributed by atoms with Gasteiger partial charge in [-0.15, -0.1) is 0 Å². The summed E-state index contributed by atoms with van der Waals surface area (Å²) in [6.07, 6.45) is 1.01. The molecule has 1 aromatic carbocycles. The van der Waals surface area contributed by atoms with E-state index in [9.17, 15) is 0 Å². The van der Waals surface area contributed by atoms with Crippen molar-refractivity contribution in [2.45, 2.75) is 12.5 Å². The van der Waals surface area contributed by atoms with Gasteiger partial charge in [0, 0.05) is 36.8 Å². The Balaban J connectivity index is 1.89. The van der Waals surface area contributed by atoms with Gasteiger partial charge in [-0.3, -0.25) is 5.10 Å². The van der Waals surface area contributed by atoms with E-state index in [-0.39, 0.29) is 6.04 Å². The van der Waals surface area contributed by atoms with Crippen molar-refractivity contribution in [2.75, 3.05) is 32.2 Å². The molecule has 1 aliphatic rings. The number of nitrogens with two attached hydrogens (primary N) is 1. The first-order valence-electron chi connectivity index (χ1n) is 6.99. The number of anilines is 1. The van der Waals surface area contributed by atoms with Gasteiger partial charge >= 0.3 is 0 Å². The number of hydrogen-bond donors (Lipinski definition) is 2. The van der Waals surface area contributed by atoms with Gasteiger partial charge in [-0.2, -0.15) is 5.10 Å². The van der Waals surface area contributed by atoms with Gasteiger partial charge in [-0.25, -0.2) is 0 Å². The maximum Gasteiger partial charge on any atom is 0.151 e. The lowest BCUT2D eigenvalue weighted by Gasteiger charge is -2.13. The van der Waals surface area contributed by atoms with Crippen LogP contribution >= 0.6 is 0 Å². The molecule has 21 heavy (non-hydrogen) atoms. The van der Waals surface area contributed by atoms with Crippen LogP contribution in [0.5, 0.6) is 11.5 Å². The molecule has 3 rings (SSSR count). The summed E-state index contributed by atoms with van der Waals surface area (Å²) >= 11 is 0. The van der Waals surface area contributed by atoms with Gasteiger partial charge in [-0.1, -0.05) is 0 Å². The van der Waals surface area contributed by atoms with Crippen LogP contribution in [0.3, 0.4) is 0 Å². The first-order valence-corrected chi connectivity index (χ1v) is 6.99. The van der Waals surface area contributed by atoms with E-state index in [2.05, 4.69) is 15.1 Å². The summed E-state index contributed by atoms with van der Waals surface area (Å²) in [5.41, 5.74) is 7.82. The van der Waals surface area contributed by atoms with Crippen molar-refractivity contribution in [2.24, 2.45) is 5.73 Å². The van der Waals surface area contributed by atoms with Crippen molar-refractivity contribution in [3.8, 4) is 22.8 Å². The Morgan fingerprint density at radius 2 is 2.14 bits per heavy atom. The highest BCUT2D eigenvalue weighted by Gasteiger charge is 2.22. The molecule has 0 radical (unpaired) electrons. The Morgan fingerprint density at radius 1 is 1.29 bits per heavy atom. The third kappa shape index (κ3) is 2.67. The molecule has 0 amide bonds. The lowest BCUT2D eigenvalue weighted by molar-refractivity contribution is 0.395. The lowest BCUT2D eigenvalue weighted by Crippen LogP contribution is -2.26. The van der Waals surface area contributed by atoms with Crippen LogP contribution < -0.4 is 20.1 Å². The van der Waals surface area contributed by atoms with E-state index >= 15 is 0 Å². The summed E-state index contributed by atoms with van der Waals surface area (Å²) in [7, 11) is 3.29. The maximum atomic E-state index is 5.94. The zero-order chi connectivity index (χ0) is 14.8. The fourth-order valence-electron chi connectivity index (χ4n) is 2.63. The minimum absolute atomic E-state index is 0.237. The molecule has 1 unspecified atom stereocenters. The number of rotatable bonds is 4. The van der Waals surface area contributed by atoms with Gasteiger partial charge in [0.2, 0.25) is 0 Å². The molecular formula is C15H20N4O2. The second-order valence-corrected chi connectivity index (χ2v) is 5.20. The molecule has 6 nitrogen and oxygen atoms in total. The molecule has 0 bridgehead atoms. The molecule has 0 saturated carbocycles. The van der Waals surface area contributed by atoms with Crippen LogP contribution in [-0.2, 0) is 0 Å². The Morgan fingerprint density at radius 3 is 2.81 bits per heavy atom. The molecule has 0 spiro atoms. The van der Waals surface area contributed by atoms with Gasteiger partial charge in [0.05, 0.1) is 19.9 Å². The average molecular weight is 288 g/mol. The van der Waals surface area contributed by atoms with Gasteiger partial charge in [-0.05, 0) is 18.6 Å². The zero-order valence-electron chi connectivity index (χ0n) is 12.3. The quantitative estimate of drug-likeness (QED) is 0.894. The van der Waals surface area contributed by atoms with E-state index in [0.29, 0.717) is 0 Å². The maximum absolute atomic E-state index is 5.94. The van der Waals surface area contributed by atoms with Crippen molar-refractivity contribution in [3.05, 3.63) is 24.3 Å². The number of aromatic nitrogens is 2. The minimum Gasteiger partial charge on any atom is -0.497 e. The van der Waals surface area contributed by atoms with Gasteiger partial charge in [0.25, 0.3) is 0 Å². The largest absolute Gasteiger partial charge is 0.497 e. The number of ether oxygens (including phenoxy) is 2. The summed E-state index contributed by atoms with van der Waals surface area (Å²) in [6.45, 7) is 1.80. The highest BCUT2D eigenvalue weighted by molar-refractivity contribution is 5.71. The summed E-state index contributed by atoms with van der Waals surface area (Å²) in [6, 6.07) is 8.00. The lowest BCUT2D eigenvalue weighted by atomic mass is 10.1. The number of aromatic amines is 1. The Hall–Kier alpha value is -2.21. The second kappa shape index (κ2) is 5.65. The van der Waals surface area contributed by atoms with Crippen LogP contribution in [0.1, 0.15) is 6.42 Å². The first kappa shape index (κ1) is 13.8. The first-order chi connectivity index (χ1) is 10.2. The summed E-state index contributed by atoms with van der Waals surface area (Å²) in [4.78, 5) is 2.20. The van der Waals surface area contributed by atoms with E-state index in [4.69, 9.17) is 15.2 Å². The molecule has 1 atom stereocenters. The number of nitrogens with one attached hydrogen (secondary N) is 1. The van der Waals surface area contributed by atoms with E-state index in [1.165, 1.54) is 0 Å². The minimum atomic E-state index is 0.237. The molecule has 2 aromatic rings. The van der Waals surface area contributed by atoms with Crippen molar-refractivity contribution in [3.63, 3.8) is 0 Å². The number of benzene rings is 1. The van der Waals surface area contributed by atoms with E-state index < -0.39 is 0 Å². The Bertz CT molecular complexity index is 626. The molecule has 112 valence electrons. The van der Waals surface area contributed by atoms with Crippen molar-refractivity contribution >= 4 is 5.82 Å². The van der Waals surface area contributed by atoms with E-state index in [0.717, 1.165) is 48.1 Å². The monoisotopic (exact) mass is 288 g/mol. The predicted molar refractivity (Wildman–Crippen MR) is 81.9 cm³/mol. The fourth-order valence-corrected chi connectivity index (χ4v) is 2.63. The fraction of sp³-hybridized carbons (Fsp3) is 0.400. The van der Waals surface area contributed by atoms with Crippen molar-refractivity contribution < 1.29 is 9.47 Å². The normalized spacial score (nSPS) is 18.0. The summed E-state index contributed by atoms with van der Waals surface area (Å²) in [5, 5.41) is 7.46. The van der Waals surface area contributed by atoms with Crippen LogP contribution in [-0.4, -0.2) is 43.5 Å². The van der Waals surface area contributed by atoms with Crippen molar-refractivity contribution in [1.82, 2.24) is 10.2 Å². The Kier molecular flexibility index (Phi) is 3.70.